The van der Waals surface area contributed by atoms with Crippen LogP contribution in [0.5, 0.6) is 0 Å². The van der Waals surface area contributed by atoms with Gasteiger partial charge in [0.1, 0.15) is 4.88 Å². The number of thiophene rings is 2. The minimum atomic E-state index is -0.948. The summed E-state index contributed by atoms with van der Waals surface area (Å²) in [6.45, 7) is 0.686. The fourth-order valence-corrected chi connectivity index (χ4v) is 4.60. The number of carboxylic acid groups (broad SMARTS) is 1. The topological polar surface area (TPSA) is 57.6 Å². The highest BCUT2D eigenvalue weighted by molar-refractivity contribution is 7.39. The molecule has 0 saturated carbocycles. The van der Waals surface area contributed by atoms with Crippen LogP contribution in [-0.2, 0) is 0 Å². The molecule has 0 aromatic carbocycles. The molecule has 1 saturated heterocycles. The van der Waals surface area contributed by atoms with Crippen molar-refractivity contribution in [1.29, 1.82) is 0 Å². The largest absolute Gasteiger partial charge is 0.477 e. The Morgan fingerprint density at radius 2 is 2.05 bits per heavy atom. The second-order valence-electron chi connectivity index (χ2n) is 4.83. The molecule has 2 aromatic heterocycles. The number of halogens is 1. The van der Waals surface area contributed by atoms with Crippen molar-refractivity contribution in [2.45, 2.75) is 6.42 Å². The predicted molar refractivity (Wildman–Crippen MR) is 76.6 cm³/mol. The van der Waals surface area contributed by atoms with Gasteiger partial charge in [-0.25, -0.2) is 4.79 Å². The number of aromatic carboxylic acids is 1. The Balaban J connectivity index is 1.82. The van der Waals surface area contributed by atoms with Gasteiger partial charge in [-0.2, -0.15) is 0 Å². The minimum absolute atomic E-state index is 0.0429. The van der Waals surface area contributed by atoms with Gasteiger partial charge in [0.2, 0.25) is 0 Å². The van der Waals surface area contributed by atoms with Crippen molar-refractivity contribution in [1.82, 2.24) is 4.90 Å². The Morgan fingerprint density at radius 3 is 2.65 bits per heavy atom. The standard InChI is InChI=1S/C13H12FNO3S2/c14-5-7-1-2-15(6-7)11(16)9-3-8-4-10(12(17)18)20-13(8)19-9/h3-4,7H,1-2,5-6H2,(H,17,18). The molecule has 1 fully saturated rings. The average molecular weight is 313 g/mol. The number of rotatable bonds is 3. The number of hydrogen-bond donors (Lipinski definition) is 1. The third-order valence-electron chi connectivity index (χ3n) is 3.43. The van der Waals surface area contributed by atoms with Crippen LogP contribution in [0.3, 0.4) is 0 Å². The van der Waals surface area contributed by atoms with Crippen LogP contribution in [0.4, 0.5) is 4.39 Å². The molecular weight excluding hydrogens is 301 g/mol. The first-order chi connectivity index (χ1) is 9.58. The number of amides is 1. The molecule has 3 heterocycles. The molecule has 1 amide bonds. The molecule has 0 bridgehead atoms. The maximum atomic E-state index is 12.6. The van der Waals surface area contributed by atoms with E-state index >= 15 is 0 Å². The second kappa shape index (κ2) is 5.14. The SMILES string of the molecule is O=C(O)c1cc2cc(C(=O)N3CCC(CF)C3)sc2s1. The maximum Gasteiger partial charge on any atom is 0.345 e. The van der Waals surface area contributed by atoms with Crippen LogP contribution >= 0.6 is 22.7 Å². The molecule has 1 aliphatic rings. The van der Waals surface area contributed by atoms with E-state index < -0.39 is 5.97 Å². The molecule has 1 unspecified atom stereocenters. The van der Waals surface area contributed by atoms with Crippen LogP contribution in [0.2, 0.25) is 0 Å². The zero-order chi connectivity index (χ0) is 14.3. The van der Waals surface area contributed by atoms with E-state index in [0.717, 1.165) is 9.40 Å². The lowest BCUT2D eigenvalue weighted by Gasteiger charge is -2.14. The third kappa shape index (κ3) is 2.31. The number of carbonyl (C=O) groups excluding carboxylic acids is 1. The van der Waals surface area contributed by atoms with Crippen molar-refractivity contribution >= 4 is 43.9 Å². The van der Waals surface area contributed by atoms with E-state index in [4.69, 9.17) is 5.11 Å². The van der Waals surface area contributed by atoms with Gasteiger partial charge in [0, 0.05) is 24.4 Å². The summed E-state index contributed by atoms with van der Waals surface area (Å²) in [4.78, 5) is 25.7. The van der Waals surface area contributed by atoms with Crippen molar-refractivity contribution in [3.8, 4) is 0 Å². The molecule has 2 aromatic rings. The first kappa shape index (κ1) is 13.5. The molecule has 0 aliphatic carbocycles. The molecule has 106 valence electrons. The van der Waals surface area contributed by atoms with E-state index in [0.29, 0.717) is 24.4 Å². The van der Waals surface area contributed by atoms with Crippen LogP contribution in [0.15, 0.2) is 12.1 Å². The Morgan fingerprint density at radius 1 is 1.35 bits per heavy atom. The summed E-state index contributed by atoms with van der Waals surface area (Å²) in [5.74, 6) is -1.07. The Bertz CT molecular complexity index is 647. The van der Waals surface area contributed by atoms with Gasteiger partial charge < -0.3 is 10.0 Å². The fourth-order valence-electron chi connectivity index (χ4n) is 2.35. The smallest absolute Gasteiger partial charge is 0.345 e. The third-order valence-corrected chi connectivity index (χ3v) is 5.79. The molecule has 4 nitrogen and oxygen atoms in total. The molecule has 0 radical (unpaired) electrons. The maximum absolute atomic E-state index is 12.6. The first-order valence-corrected chi connectivity index (χ1v) is 7.83. The number of carbonyl (C=O) groups is 2. The molecule has 20 heavy (non-hydrogen) atoms. The molecule has 7 heteroatoms. The lowest BCUT2D eigenvalue weighted by atomic mass is 10.1. The second-order valence-corrected chi connectivity index (χ2v) is 7.19. The van der Waals surface area contributed by atoms with Crippen LogP contribution in [0, 0.1) is 5.92 Å². The van der Waals surface area contributed by atoms with Crippen LogP contribution in [0.1, 0.15) is 25.8 Å². The number of fused-ring (bicyclic) bond motifs is 1. The number of nitrogens with zero attached hydrogens (tertiary/aromatic N) is 1. The summed E-state index contributed by atoms with van der Waals surface area (Å²) in [5.41, 5.74) is 0. The van der Waals surface area contributed by atoms with Gasteiger partial charge in [0.15, 0.2) is 0 Å². The quantitative estimate of drug-likeness (QED) is 0.947. The van der Waals surface area contributed by atoms with Crippen molar-refractivity contribution in [3.05, 3.63) is 21.9 Å². The Labute approximate surface area is 122 Å². The van der Waals surface area contributed by atoms with Gasteiger partial charge >= 0.3 is 5.97 Å². The monoisotopic (exact) mass is 313 g/mol. The van der Waals surface area contributed by atoms with E-state index in [1.807, 2.05) is 0 Å². The van der Waals surface area contributed by atoms with E-state index in [9.17, 15) is 14.0 Å². The summed E-state index contributed by atoms with van der Waals surface area (Å²) in [6.07, 6.45) is 0.713. The molecular formula is C13H12FNO3S2. The van der Waals surface area contributed by atoms with Gasteiger partial charge in [-0.3, -0.25) is 9.18 Å². The number of hydrogen-bond acceptors (Lipinski definition) is 4. The van der Waals surface area contributed by atoms with Crippen LogP contribution in [0.25, 0.3) is 9.40 Å². The van der Waals surface area contributed by atoms with Crippen molar-refractivity contribution in [3.63, 3.8) is 0 Å². The van der Waals surface area contributed by atoms with Gasteiger partial charge in [0.05, 0.1) is 15.6 Å². The average Bonchev–Trinajstić information content (AvgIpc) is 3.11. The Kier molecular flexibility index (Phi) is 3.47. The Hall–Kier alpha value is -1.47. The summed E-state index contributed by atoms with van der Waals surface area (Å²) >= 11 is 2.49. The van der Waals surface area contributed by atoms with E-state index in [1.165, 1.54) is 22.7 Å². The van der Waals surface area contributed by atoms with Crippen molar-refractivity contribution in [2.75, 3.05) is 19.8 Å². The van der Waals surface area contributed by atoms with E-state index in [2.05, 4.69) is 0 Å². The van der Waals surface area contributed by atoms with Crippen LogP contribution in [-0.4, -0.2) is 41.6 Å². The summed E-state index contributed by atoms with van der Waals surface area (Å²) in [7, 11) is 0. The number of likely N-dealkylation sites (tertiary alicyclic amines) is 1. The summed E-state index contributed by atoms with van der Waals surface area (Å²) in [5, 5.41) is 9.71. The molecule has 1 N–H and O–H groups in total. The van der Waals surface area contributed by atoms with Gasteiger partial charge in [-0.05, 0) is 18.6 Å². The van der Waals surface area contributed by atoms with Crippen molar-refractivity contribution < 1.29 is 19.1 Å². The fraction of sp³-hybridized carbons (Fsp3) is 0.385. The number of carboxylic acids is 1. The number of alkyl halides is 1. The molecule has 1 atom stereocenters. The zero-order valence-corrected chi connectivity index (χ0v) is 12.1. The zero-order valence-electron chi connectivity index (χ0n) is 10.5. The summed E-state index contributed by atoms with van der Waals surface area (Å²) < 4.78 is 13.4. The van der Waals surface area contributed by atoms with E-state index in [-0.39, 0.29) is 23.4 Å². The molecule has 1 aliphatic heterocycles. The normalized spacial score (nSPS) is 18.9. The highest BCUT2D eigenvalue weighted by Gasteiger charge is 2.28. The minimum Gasteiger partial charge on any atom is -0.477 e. The van der Waals surface area contributed by atoms with Crippen molar-refractivity contribution in [2.24, 2.45) is 5.92 Å². The van der Waals surface area contributed by atoms with Gasteiger partial charge in [0.25, 0.3) is 5.91 Å². The van der Waals surface area contributed by atoms with Gasteiger partial charge in [-0.15, -0.1) is 22.7 Å². The lowest BCUT2D eigenvalue weighted by Crippen LogP contribution is -2.28. The lowest BCUT2D eigenvalue weighted by molar-refractivity contribution is 0.0701. The highest BCUT2D eigenvalue weighted by Crippen LogP contribution is 2.34. The first-order valence-electron chi connectivity index (χ1n) is 6.20. The molecule has 0 spiro atoms. The van der Waals surface area contributed by atoms with Gasteiger partial charge in [-0.1, -0.05) is 0 Å². The predicted octanol–water partition coefficient (Wildman–Crippen LogP) is 3.09. The van der Waals surface area contributed by atoms with E-state index in [1.54, 1.807) is 17.0 Å². The molecule has 3 rings (SSSR count). The van der Waals surface area contributed by atoms with Crippen LogP contribution < -0.4 is 0 Å². The summed E-state index contributed by atoms with van der Waals surface area (Å²) in [6, 6.07) is 3.32. The highest BCUT2D eigenvalue weighted by atomic mass is 32.2.